The molecular weight excluding hydrogens is 328 g/mol. The van der Waals surface area contributed by atoms with E-state index in [9.17, 15) is 13.2 Å². The minimum Gasteiger partial charge on any atom is -0.493 e. The van der Waals surface area contributed by atoms with Crippen LogP contribution < -0.4 is 10.1 Å². The number of para-hydroxylation sites is 1. The van der Waals surface area contributed by atoms with E-state index in [4.69, 9.17) is 4.74 Å². The van der Waals surface area contributed by atoms with Crippen molar-refractivity contribution in [2.24, 2.45) is 0 Å². The molecule has 1 N–H and O–H groups in total. The van der Waals surface area contributed by atoms with Crippen molar-refractivity contribution in [2.45, 2.75) is 11.3 Å². The van der Waals surface area contributed by atoms with Gasteiger partial charge in [0.15, 0.2) is 0 Å². The first-order valence-corrected chi connectivity index (χ1v) is 8.84. The largest absolute Gasteiger partial charge is 0.493 e. The topological polar surface area (TPSA) is 75.7 Å². The molecule has 0 aliphatic rings. The van der Waals surface area contributed by atoms with Crippen molar-refractivity contribution in [1.29, 1.82) is 0 Å². The van der Waals surface area contributed by atoms with Crippen LogP contribution in [0.5, 0.6) is 5.75 Å². The van der Waals surface area contributed by atoms with Gasteiger partial charge in [-0.15, -0.1) is 0 Å². The molecule has 0 aromatic heterocycles. The molecular formula is C17H20N2O4S. The van der Waals surface area contributed by atoms with Gasteiger partial charge in [-0.3, -0.25) is 4.79 Å². The SMILES string of the molecule is CN(C)S(=O)(=O)c1ccc(NC(=O)CCOc2ccccc2)cc1. The Kier molecular flexibility index (Phi) is 5.94. The van der Waals surface area contributed by atoms with E-state index in [-0.39, 0.29) is 23.8 Å². The van der Waals surface area contributed by atoms with Crippen LogP contribution in [0.15, 0.2) is 59.5 Å². The number of amides is 1. The van der Waals surface area contributed by atoms with Crippen LogP contribution in [0, 0.1) is 0 Å². The summed E-state index contributed by atoms with van der Waals surface area (Å²) in [6.07, 6.45) is 0.201. The summed E-state index contributed by atoms with van der Waals surface area (Å²) in [6, 6.07) is 15.3. The van der Waals surface area contributed by atoms with Crippen LogP contribution in [0.3, 0.4) is 0 Å². The Morgan fingerprint density at radius 1 is 1.04 bits per heavy atom. The summed E-state index contributed by atoms with van der Waals surface area (Å²) in [4.78, 5) is 12.1. The van der Waals surface area contributed by atoms with E-state index in [1.807, 2.05) is 30.3 Å². The molecule has 0 aliphatic heterocycles. The molecule has 0 spiro atoms. The quantitative estimate of drug-likeness (QED) is 0.833. The van der Waals surface area contributed by atoms with Crippen molar-refractivity contribution in [3.8, 4) is 5.75 Å². The zero-order valence-electron chi connectivity index (χ0n) is 13.6. The van der Waals surface area contributed by atoms with Crippen LogP contribution >= 0.6 is 0 Å². The maximum Gasteiger partial charge on any atom is 0.242 e. The summed E-state index contributed by atoms with van der Waals surface area (Å²) in [6.45, 7) is 0.267. The molecule has 0 bridgehead atoms. The Labute approximate surface area is 142 Å². The summed E-state index contributed by atoms with van der Waals surface area (Å²) >= 11 is 0. The van der Waals surface area contributed by atoms with Crippen molar-refractivity contribution in [3.63, 3.8) is 0 Å². The minimum absolute atomic E-state index is 0.179. The summed E-state index contributed by atoms with van der Waals surface area (Å²) in [5, 5.41) is 2.71. The predicted molar refractivity (Wildman–Crippen MR) is 92.5 cm³/mol. The number of anilines is 1. The molecule has 128 valence electrons. The number of rotatable bonds is 7. The zero-order chi connectivity index (χ0) is 17.6. The number of ether oxygens (including phenoxy) is 1. The average Bonchev–Trinajstić information content (AvgIpc) is 2.56. The second-order valence-electron chi connectivity index (χ2n) is 5.27. The number of carbonyl (C=O) groups is 1. The molecule has 0 atom stereocenters. The number of benzene rings is 2. The third-order valence-electron chi connectivity index (χ3n) is 3.26. The molecule has 0 saturated carbocycles. The maximum atomic E-state index is 12.0. The lowest BCUT2D eigenvalue weighted by Gasteiger charge is -2.12. The van der Waals surface area contributed by atoms with E-state index >= 15 is 0 Å². The molecule has 0 unspecified atom stereocenters. The van der Waals surface area contributed by atoms with Crippen LogP contribution in [0.1, 0.15) is 6.42 Å². The normalized spacial score (nSPS) is 11.3. The predicted octanol–water partition coefficient (Wildman–Crippen LogP) is 2.34. The van der Waals surface area contributed by atoms with Gasteiger partial charge in [0.05, 0.1) is 17.9 Å². The lowest BCUT2D eigenvalue weighted by atomic mass is 10.3. The molecule has 0 aliphatic carbocycles. The molecule has 7 heteroatoms. The van der Waals surface area contributed by atoms with E-state index in [2.05, 4.69) is 5.32 Å². The summed E-state index contributed by atoms with van der Waals surface area (Å²) in [5.41, 5.74) is 0.539. The molecule has 2 aromatic carbocycles. The lowest BCUT2D eigenvalue weighted by molar-refractivity contribution is -0.116. The van der Waals surface area contributed by atoms with Gasteiger partial charge in [-0.1, -0.05) is 18.2 Å². The van der Waals surface area contributed by atoms with Crippen LogP contribution in [0.25, 0.3) is 0 Å². The van der Waals surface area contributed by atoms with Gasteiger partial charge in [-0.25, -0.2) is 12.7 Å². The zero-order valence-corrected chi connectivity index (χ0v) is 14.4. The van der Waals surface area contributed by atoms with Gasteiger partial charge in [-0.05, 0) is 36.4 Å². The van der Waals surface area contributed by atoms with Crippen LogP contribution in [-0.4, -0.2) is 39.3 Å². The highest BCUT2D eigenvalue weighted by atomic mass is 32.2. The molecule has 24 heavy (non-hydrogen) atoms. The Hall–Kier alpha value is -2.38. The number of nitrogens with zero attached hydrogens (tertiary/aromatic N) is 1. The lowest BCUT2D eigenvalue weighted by Crippen LogP contribution is -2.22. The second-order valence-corrected chi connectivity index (χ2v) is 7.42. The van der Waals surface area contributed by atoms with Gasteiger partial charge in [0.25, 0.3) is 0 Å². The molecule has 2 rings (SSSR count). The molecule has 1 amide bonds. The van der Waals surface area contributed by atoms with Gasteiger partial charge < -0.3 is 10.1 Å². The second kappa shape index (κ2) is 7.94. The molecule has 6 nitrogen and oxygen atoms in total. The van der Waals surface area contributed by atoms with Crippen molar-refractivity contribution >= 4 is 21.6 Å². The highest BCUT2D eigenvalue weighted by molar-refractivity contribution is 7.89. The minimum atomic E-state index is -3.47. The average molecular weight is 348 g/mol. The summed E-state index contributed by atoms with van der Waals surface area (Å²) in [7, 11) is -0.526. The fourth-order valence-corrected chi connectivity index (χ4v) is 2.82. The van der Waals surface area contributed by atoms with Crippen LogP contribution in [0.4, 0.5) is 5.69 Å². The Morgan fingerprint density at radius 2 is 1.67 bits per heavy atom. The highest BCUT2D eigenvalue weighted by Crippen LogP contribution is 2.16. The molecule has 0 radical (unpaired) electrons. The van der Waals surface area contributed by atoms with Crippen LogP contribution in [-0.2, 0) is 14.8 Å². The summed E-state index contributed by atoms with van der Waals surface area (Å²) in [5.74, 6) is 0.512. The third-order valence-corrected chi connectivity index (χ3v) is 5.09. The summed E-state index contributed by atoms with van der Waals surface area (Å²) < 4.78 is 30.5. The molecule has 2 aromatic rings. The first-order chi connectivity index (χ1) is 11.4. The fraction of sp³-hybridized carbons (Fsp3) is 0.235. The first-order valence-electron chi connectivity index (χ1n) is 7.40. The van der Waals surface area contributed by atoms with E-state index < -0.39 is 10.0 Å². The van der Waals surface area contributed by atoms with Crippen molar-refractivity contribution in [2.75, 3.05) is 26.0 Å². The van der Waals surface area contributed by atoms with Crippen molar-refractivity contribution < 1.29 is 17.9 Å². The number of nitrogens with one attached hydrogen (secondary N) is 1. The van der Waals surface area contributed by atoms with Gasteiger partial charge >= 0.3 is 0 Å². The van der Waals surface area contributed by atoms with Crippen molar-refractivity contribution in [3.05, 3.63) is 54.6 Å². The number of carbonyl (C=O) groups excluding carboxylic acids is 1. The number of sulfonamides is 1. The van der Waals surface area contributed by atoms with Crippen molar-refractivity contribution in [1.82, 2.24) is 4.31 Å². The standard InChI is InChI=1S/C17H20N2O4S/c1-19(2)24(21,22)16-10-8-14(9-11-16)18-17(20)12-13-23-15-6-4-3-5-7-15/h3-11H,12-13H2,1-2H3,(H,18,20). The maximum absolute atomic E-state index is 12.0. The number of hydrogen-bond acceptors (Lipinski definition) is 4. The van der Waals surface area contributed by atoms with Gasteiger partial charge in [0.2, 0.25) is 15.9 Å². The van der Waals surface area contributed by atoms with Gasteiger partial charge in [-0.2, -0.15) is 0 Å². The highest BCUT2D eigenvalue weighted by Gasteiger charge is 2.16. The van der Waals surface area contributed by atoms with E-state index in [1.165, 1.54) is 26.2 Å². The first kappa shape index (κ1) is 18.0. The molecule has 0 heterocycles. The van der Waals surface area contributed by atoms with Gasteiger partial charge in [0, 0.05) is 19.8 Å². The van der Waals surface area contributed by atoms with Gasteiger partial charge in [0.1, 0.15) is 5.75 Å². The molecule has 0 fully saturated rings. The van der Waals surface area contributed by atoms with E-state index in [1.54, 1.807) is 12.1 Å². The Bertz CT molecular complexity index is 772. The molecule has 0 saturated heterocycles. The fourth-order valence-electron chi connectivity index (χ4n) is 1.92. The van der Waals surface area contributed by atoms with E-state index in [0.29, 0.717) is 11.4 Å². The third kappa shape index (κ3) is 4.81. The van der Waals surface area contributed by atoms with Crippen LogP contribution in [0.2, 0.25) is 0 Å². The smallest absolute Gasteiger partial charge is 0.242 e. The number of hydrogen-bond donors (Lipinski definition) is 1. The Balaban J connectivity index is 1.86. The van der Waals surface area contributed by atoms with E-state index in [0.717, 1.165) is 4.31 Å². The Morgan fingerprint density at radius 3 is 2.25 bits per heavy atom. The monoisotopic (exact) mass is 348 g/mol.